The number of rotatable bonds is 5. The highest BCUT2D eigenvalue weighted by atomic mass is 35.5. The number of nitrogens with one attached hydrogen (secondary N) is 1. The summed E-state index contributed by atoms with van der Waals surface area (Å²) < 4.78 is 5.40. The molecule has 5 heteroatoms. The summed E-state index contributed by atoms with van der Waals surface area (Å²) in [5, 5.41) is 6.01. The molecule has 0 aliphatic carbocycles. The molecule has 0 amide bonds. The first-order valence-corrected chi connectivity index (χ1v) is 7.09. The minimum atomic E-state index is 0.158. The van der Waals surface area contributed by atoms with Crippen molar-refractivity contribution >= 4 is 28.6 Å². The molecule has 1 atom stereocenters. The summed E-state index contributed by atoms with van der Waals surface area (Å²) >= 11 is 7.73. The van der Waals surface area contributed by atoms with Crippen molar-refractivity contribution in [2.75, 3.05) is 11.9 Å². The molecular formula is C13H15ClN2OS. The summed E-state index contributed by atoms with van der Waals surface area (Å²) in [6.07, 6.45) is 0. The van der Waals surface area contributed by atoms with E-state index in [4.69, 9.17) is 16.3 Å². The van der Waals surface area contributed by atoms with Crippen LogP contribution in [0.15, 0.2) is 29.1 Å². The fraction of sp³-hybridized carbons (Fsp3) is 0.308. The Morgan fingerprint density at radius 3 is 2.94 bits per heavy atom. The summed E-state index contributed by atoms with van der Waals surface area (Å²) in [6, 6.07) is 5.86. The lowest BCUT2D eigenvalue weighted by molar-refractivity contribution is 0.340. The van der Waals surface area contributed by atoms with Crippen LogP contribution in [0.3, 0.4) is 0 Å². The van der Waals surface area contributed by atoms with Gasteiger partial charge in [-0.05, 0) is 32.0 Å². The van der Waals surface area contributed by atoms with Crippen molar-refractivity contribution in [3.8, 4) is 5.75 Å². The van der Waals surface area contributed by atoms with Crippen molar-refractivity contribution in [2.45, 2.75) is 19.9 Å². The van der Waals surface area contributed by atoms with Crippen LogP contribution in [0.2, 0.25) is 5.02 Å². The van der Waals surface area contributed by atoms with Gasteiger partial charge >= 0.3 is 0 Å². The number of hydrogen-bond donors (Lipinski definition) is 1. The quantitative estimate of drug-likeness (QED) is 0.884. The third-order valence-electron chi connectivity index (χ3n) is 2.51. The van der Waals surface area contributed by atoms with E-state index >= 15 is 0 Å². The van der Waals surface area contributed by atoms with Gasteiger partial charge in [0.2, 0.25) is 0 Å². The van der Waals surface area contributed by atoms with Gasteiger partial charge in [-0.25, -0.2) is 4.98 Å². The second-order valence-electron chi connectivity index (χ2n) is 3.86. The van der Waals surface area contributed by atoms with Crippen molar-refractivity contribution < 1.29 is 4.74 Å². The first kappa shape index (κ1) is 13.2. The fourth-order valence-corrected chi connectivity index (χ4v) is 2.51. The van der Waals surface area contributed by atoms with Crippen LogP contribution in [0.1, 0.15) is 25.6 Å². The van der Waals surface area contributed by atoms with Gasteiger partial charge in [0.15, 0.2) is 0 Å². The van der Waals surface area contributed by atoms with Crippen LogP contribution in [-0.2, 0) is 0 Å². The van der Waals surface area contributed by atoms with Gasteiger partial charge in [-0.2, -0.15) is 0 Å². The molecular weight excluding hydrogens is 268 g/mol. The van der Waals surface area contributed by atoms with E-state index in [1.807, 2.05) is 36.0 Å². The van der Waals surface area contributed by atoms with E-state index in [1.54, 1.807) is 11.3 Å². The highest BCUT2D eigenvalue weighted by Gasteiger charge is 2.08. The van der Waals surface area contributed by atoms with Crippen LogP contribution in [0, 0.1) is 0 Å². The molecule has 18 heavy (non-hydrogen) atoms. The molecule has 1 aromatic carbocycles. The zero-order valence-corrected chi connectivity index (χ0v) is 11.9. The Hall–Kier alpha value is -1.26. The van der Waals surface area contributed by atoms with Gasteiger partial charge in [0.25, 0.3) is 0 Å². The van der Waals surface area contributed by atoms with Crippen molar-refractivity contribution in [1.29, 1.82) is 0 Å². The predicted octanol–water partition coefficient (Wildman–Crippen LogP) is 4.37. The maximum atomic E-state index is 6.14. The van der Waals surface area contributed by atoms with Gasteiger partial charge in [-0.1, -0.05) is 11.6 Å². The zero-order chi connectivity index (χ0) is 13.0. The van der Waals surface area contributed by atoms with Crippen LogP contribution >= 0.6 is 22.9 Å². The summed E-state index contributed by atoms with van der Waals surface area (Å²) in [7, 11) is 0. The molecule has 1 aromatic heterocycles. The van der Waals surface area contributed by atoms with E-state index < -0.39 is 0 Å². The van der Waals surface area contributed by atoms with Gasteiger partial charge in [0.1, 0.15) is 5.75 Å². The lowest BCUT2D eigenvalue weighted by atomic mass is 10.2. The SMILES string of the molecule is CCOc1ccc(NC(C)c2cscn2)cc1Cl. The van der Waals surface area contributed by atoms with Gasteiger partial charge in [0.05, 0.1) is 28.9 Å². The smallest absolute Gasteiger partial charge is 0.138 e. The van der Waals surface area contributed by atoms with Crippen LogP contribution < -0.4 is 10.1 Å². The number of hydrogen-bond acceptors (Lipinski definition) is 4. The largest absolute Gasteiger partial charge is 0.492 e. The fourth-order valence-electron chi connectivity index (χ4n) is 1.62. The maximum Gasteiger partial charge on any atom is 0.138 e. The lowest BCUT2D eigenvalue weighted by Gasteiger charge is -2.14. The number of thiazole rings is 1. The number of benzene rings is 1. The monoisotopic (exact) mass is 282 g/mol. The van der Waals surface area contributed by atoms with Crippen molar-refractivity contribution in [2.24, 2.45) is 0 Å². The Kier molecular flexibility index (Phi) is 4.44. The van der Waals surface area contributed by atoms with E-state index in [9.17, 15) is 0 Å². The van der Waals surface area contributed by atoms with E-state index in [2.05, 4.69) is 17.2 Å². The topological polar surface area (TPSA) is 34.1 Å². The third-order valence-corrected chi connectivity index (χ3v) is 3.41. The van der Waals surface area contributed by atoms with Crippen molar-refractivity contribution in [1.82, 2.24) is 4.98 Å². The molecule has 1 heterocycles. The molecule has 0 radical (unpaired) electrons. The normalized spacial score (nSPS) is 12.2. The highest BCUT2D eigenvalue weighted by Crippen LogP contribution is 2.29. The standard InChI is InChI=1S/C13H15ClN2OS/c1-3-17-13-5-4-10(6-11(13)14)16-9(2)12-7-18-8-15-12/h4-9,16H,3H2,1-2H3. The van der Waals surface area contributed by atoms with Gasteiger partial charge in [-0.3, -0.25) is 0 Å². The van der Waals surface area contributed by atoms with Gasteiger partial charge in [0, 0.05) is 11.1 Å². The molecule has 2 rings (SSSR count). The molecule has 1 unspecified atom stereocenters. The van der Waals surface area contributed by atoms with Crippen LogP contribution in [0.4, 0.5) is 5.69 Å². The molecule has 0 bridgehead atoms. The van der Waals surface area contributed by atoms with Crippen molar-refractivity contribution in [3.05, 3.63) is 39.8 Å². The average Bonchev–Trinajstić information content (AvgIpc) is 2.86. The summed E-state index contributed by atoms with van der Waals surface area (Å²) in [5.41, 5.74) is 3.83. The molecule has 0 aliphatic heterocycles. The molecule has 0 spiro atoms. The van der Waals surface area contributed by atoms with E-state index in [0.29, 0.717) is 17.4 Å². The third kappa shape index (κ3) is 3.15. The summed E-state index contributed by atoms with van der Waals surface area (Å²) in [6.45, 7) is 4.62. The number of ether oxygens (including phenoxy) is 1. The Morgan fingerprint density at radius 2 is 2.33 bits per heavy atom. The Labute approximate surface area is 116 Å². The first-order valence-electron chi connectivity index (χ1n) is 5.77. The molecule has 1 N–H and O–H groups in total. The zero-order valence-electron chi connectivity index (χ0n) is 10.3. The lowest BCUT2D eigenvalue weighted by Crippen LogP contribution is -2.06. The van der Waals surface area contributed by atoms with Gasteiger partial charge < -0.3 is 10.1 Å². The second kappa shape index (κ2) is 6.07. The van der Waals surface area contributed by atoms with E-state index in [0.717, 1.165) is 11.4 Å². The Bertz CT molecular complexity index is 502. The number of nitrogens with zero attached hydrogens (tertiary/aromatic N) is 1. The van der Waals surface area contributed by atoms with Gasteiger partial charge in [-0.15, -0.1) is 11.3 Å². The Balaban J connectivity index is 2.08. The molecule has 3 nitrogen and oxygen atoms in total. The highest BCUT2D eigenvalue weighted by molar-refractivity contribution is 7.07. The molecule has 2 aromatic rings. The molecule has 96 valence electrons. The molecule has 0 aliphatic rings. The molecule has 0 saturated heterocycles. The van der Waals surface area contributed by atoms with Crippen LogP contribution in [0.5, 0.6) is 5.75 Å². The van der Waals surface area contributed by atoms with Crippen molar-refractivity contribution in [3.63, 3.8) is 0 Å². The first-order chi connectivity index (χ1) is 8.70. The van der Waals surface area contributed by atoms with E-state index in [-0.39, 0.29) is 6.04 Å². The number of halogens is 1. The maximum absolute atomic E-state index is 6.14. The van der Waals surface area contributed by atoms with Crippen LogP contribution in [0.25, 0.3) is 0 Å². The number of aromatic nitrogens is 1. The van der Waals surface area contributed by atoms with Crippen LogP contribution in [-0.4, -0.2) is 11.6 Å². The molecule has 0 fully saturated rings. The number of anilines is 1. The Morgan fingerprint density at radius 1 is 1.50 bits per heavy atom. The minimum Gasteiger partial charge on any atom is -0.492 e. The summed E-state index contributed by atoms with van der Waals surface area (Å²) in [4.78, 5) is 4.28. The predicted molar refractivity (Wildman–Crippen MR) is 76.8 cm³/mol. The summed E-state index contributed by atoms with van der Waals surface area (Å²) in [5.74, 6) is 0.714. The molecule has 0 saturated carbocycles. The van der Waals surface area contributed by atoms with E-state index in [1.165, 1.54) is 0 Å². The average molecular weight is 283 g/mol. The minimum absolute atomic E-state index is 0.158. The second-order valence-corrected chi connectivity index (χ2v) is 4.98.